The topological polar surface area (TPSA) is 69.7 Å². The van der Waals surface area contributed by atoms with Gasteiger partial charge >= 0.3 is 0 Å². The molecule has 3 aromatic carbocycles. The number of rotatable bonds is 9. The fraction of sp³-hybridized carbons (Fsp3) is 0.323. The zero-order chi connectivity index (χ0) is 31.1. The summed E-state index contributed by atoms with van der Waals surface area (Å²) in [6.07, 6.45) is 3.92. The van der Waals surface area contributed by atoms with Crippen molar-refractivity contribution in [2.75, 3.05) is 16.3 Å². The largest absolute Gasteiger partial charge is 0.359 e. The highest BCUT2D eigenvalue weighted by molar-refractivity contribution is 6.18. The van der Waals surface area contributed by atoms with Crippen LogP contribution in [0.5, 0.6) is 0 Å². The summed E-state index contributed by atoms with van der Waals surface area (Å²) in [7, 11) is 0. The number of hydrogen-bond donors (Lipinski definition) is 1. The van der Waals surface area contributed by atoms with Crippen molar-refractivity contribution in [1.82, 2.24) is 5.31 Å². The van der Waals surface area contributed by atoms with Gasteiger partial charge in [-0.15, -0.1) is 0 Å². The second-order valence-corrected chi connectivity index (χ2v) is 9.47. The van der Waals surface area contributed by atoms with Crippen LogP contribution in [0, 0.1) is 11.6 Å². The lowest BCUT2D eigenvalue weighted by Gasteiger charge is -2.37. The predicted octanol–water partition coefficient (Wildman–Crippen LogP) is 5.41. The molecule has 6 nitrogen and oxygen atoms in total. The van der Waals surface area contributed by atoms with Crippen LogP contribution in [0.1, 0.15) is 48.7 Å². The van der Waals surface area contributed by atoms with Crippen LogP contribution in [0.3, 0.4) is 0 Å². The maximum absolute atomic E-state index is 14.1. The van der Waals surface area contributed by atoms with E-state index in [1.165, 1.54) is 12.1 Å². The van der Waals surface area contributed by atoms with Crippen molar-refractivity contribution in [3.8, 4) is 0 Å². The number of imide groups is 1. The van der Waals surface area contributed by atoms with Crippen molar-refractivity contribution >= 4 is 29.1 Å². The Labute approximate surface area is 233 Å². The number of carbonyl (C=O) groups excluding carboxylic acids is 3. The molecule has 0 aromatic heterocycles. The monoisotopic (exact) mass is 537 g/mol. The van der Waals surface area contributed by atoms with Gasteiger partial charge in [-0.25, -0.2) is 13.7 Å². The van der Waals surface area contributed by atoms with Crippen molar-refractivity contribution in [1.29, 1.82) is 0 Å². The fourth-order valence-electron chi connectivity index (χ4n) is 4.84. The smallest absolute Gasteiger partial charge is 0.256 e. The van der Waals surface area contributed by atoms with E-state index in [-0.39, 0.29) is 29.1 Å². The van der Waals surface area contributed by atoms with Gasteiger partial charge in [-0.2, -0.15) is 0 Å². The van der Waals surface area contributed by atoms with E-state index < -0.39 is 48.7 Å². The van der Waals surface area contributed by atoms with E-state index in [1.807, 2.05) is 35.2 Å². The third-order valence-electron chi connectivity index (χ3n) is 6.62. The van der Waals surface area contributed by atoms with Gasteiger partial charge in [-0.3, -0.25) is 14.4 Å². The predicted molar refractivity (Wildman–Crippen MR) is 147 cm³/mol. The summed E-state index contributed by atoms with van der Waals surface area (Å²) in [5.74, 6) is -5.40. The minimum atomic E-state index is -3.20. The zero-order valence-corrected chi connectivity index (χ0v) is 21.4. The highest BCUT2D eigenvalue weighted by Crippen LogP contribution is 2.28. The normalized spacial score (nSPS) is 16.7. The van der Waals surface area contributed by atoms with E-state index in [4.69, 9.17) is 5.52 Å². The number of para-hydroxylation sites is 2. The van der Waals surface area contributed by atoms with Crippen LogP contribution in [0.4, 0.5) is 20.2 Å². The minimum absolute atomic E-state index is 0.00889. The molecule has 39 heavy (non-hydrogen) atoms. The van der Waals surface area contributed by atoms with Crippen LogP contribution in [0.15, 0.2) is 78.9 Å². The van der Waals surface area contributed by atoms with E-state index in [1.54, 1.807) is 18.2 Å². The number of halogens is 2. The lowest BCUT2D eigenvalue weighted by molar-refractivity contribution is -0.130. The minimum Gasteiger partial charge on any atom is -0.359 e. The fourth-order valence-corrected chi connectivity index (χ4v) is 4.84. The number of benzene rings is 3. The summed E-state index contributed by atoms with van der Waals surface area (Å²) in [6.45, 7) is -2.70. The lowest BCUT2D eigenvalue weighted by Crippen LogP contribution is -2.53. The van der Waals surface area contributed by atoms with Crippen LogP contribution in [0.25, 0.3) is 0 Å². The van der Waals surface area contributed by atoms with Crippen molar-refractivity contribution in [3.63, 3.8) is 0 Å². The van der Waals surface area contributed by atoms with Gasteiger partial charge in [0.05, 0.1) is 20.0 Å². The van der Waals surface area contributed by atoms with Gasteiger partial charge in [0.2, 0.25) is 5.91 Å². The van der Waals surface area contributed by atoms with Gasteiger partial charge in [0.1, 0.15) is 17.7 Å². The Bertz CT molecular complexity index is 1410. The number of hydrogen-bond acceptors (Lipinski definition) is 4. The van der Waals surface area contributed by atoms with Gasteiger partial charge in [0, 0.05) is 20.5 Å². The second kappa shape index (κ2) is 13.1. The second-order valence-electron chi connectivity index (χ2n) is 9.47. The lowest BCUT2D eigenvalue weighted by atomic mass is 9.93. The molecular weight excluding hydrogens is 500 g/mol. The van der Waals surface area contributed by atoms with E-state index in [0.29, 0.717) is 11.0 Å². The van der Waals surface area contributed by atoms with Crippen LogP contribution < -0.4 is 15.1 Å². The van der Waals surface area contributed by atoms with Crippen molar-refractivity contribution < 1.29 is 28.7 Å². The first kappa shape index (κ1) is 22.9. The molecule has 0 unspecified atom stereocenters. The highest BCUT2D eigenvalue weighted by Gasteiger charge is 2.32. The standard InChI is InChI=1S/C31H33F2N3O3/c1-22(34-29(37)19-23-17-24(32)20-25(33)18-23)31(39)36(28-15-9-4-10-16-28)30(38)21-35(26-11-5-2-6-12-26)27-13-7-3-8-14-27/h2,4-6,9-12,15-18,20,22,27H,3,7-8,13-14,19,21H2,1H3,(H,34,37)/t22-/m0/s1/i1D2,22D/hD. The third kappa shape index (κ3) is 7.50. The van der Waals surface area contributed by atoms with Gasteiger partial charge < -0.3 is 10.2 Å². The van der Waals surface area contributed by atoms with Crippen molar-refractivity contribution in [3.05, 3.63) is 96.1 Å². The summed E-state index contributed by atoms with van der Waals surface area (Å²) in [4.78, 5) is 43.7. The summed E-state index contributed by atoms with van der Waals surface area (Å²) in [5, 5.41) is -0.151. The van der Waals surface area contributed by atoms with Crippen LogP contribution in [-0.2, 0) is 20.8 Å². The van der Waals surface area contributed by atoms with Crippen molar-refractivity contribution in [2.24, 2.45) is 0 Å². The average molecular weight is 538 g/mol. The number of nitrogens with zero attached hydrogens (tertiary/aromatic N) is 2. The van der Waals surface area contributed by atoms with E-state index in [2.05, 4.69) is 0 Å². The Kier molecular flexibility index (Phi) is 7.70. The summed E-state index contributed by atoms with van der Waals surface area (Å²) < 4.78 is 60.7. The number of nitrogens with one attached hydrogen (secondary N) is 1. The molecule has 4 rings (SSSR count). The maximum Gasteiger partial charge on any atom is 0.256 e. The molecule has 3 amide bonds. The van der Waals surface area contributed by atoms with Crippen LogP contribution in [0.2, 0.25) is 1.41 Å². The molecule has 8 heteroatoms. The molecule has 1 aliphatic carbocycles. The molecule has 1 aliphatic rings. The molecule has 1 atom stereocenters. The zero-order valence-electron chi connectivity index (χ0n) is 25.4. The molecule has 1 saturated carbocycles. The highest BCUT2D eigenvalue weighted by atomic mass is 19.1. The molecule has 0 bridgehead atoms. The molecule has 0 saturated heterocycles. The first-order valence-corrected chi connectivity index (χ1v) is 12.9. The quantitative estimate of drug-likeness (QED) is 0.396. The number of amides is 3. The van der Waals surface area contributed by atoms with E-state index >= 15 is 0 Å². The first-order chi connectivity index (χ1) is 20.5. The van der Waals surface area contributed by atoms with Gasteiger partial charge in [0.25, 0.3) is 11.8 Å². The molecular formula is C31H33F2N3O3. The van der Waals surface area contributed by atoms with E-state index in [9.17, 15) is 23.2 Å². The summed E-state index contributed by atoms with van der Waals surface area (Å²) in [5.41, 5.74) is 0.640. The molecule has 0 radical (unpaired) electrons. The summed E-state index contributed by atoms with van der Waals surface area (Å²) >= 11 is 0. The average Bonchev–Trinajstić information content (AvgIpc) is 3.00. The van der Waals surface area contributed by atoms with Gasteiger partial charge in [0.15, 0.2) is 1.41 Å². The number of carbonyl (C=O) groups is 3. The molecule has 0 spiro atoms. The molecule has 1 N–H and O–H groups in total. The molecule has 3 aromatic rings. The van der Waals surface area contributed by atoms with E-state index in [0.717, 1.165) is 49.9 Å². The van der Waals surface area contributed by atoms with Crippen LogP contribution in [-0.4, -0.2) is 36.3 Å². The summed E-state index contributed by atoms with van der Waals surface area (Å²) in [6, 6.07) is 16.0. The first-order valence-electron chi connectivity index (χ1n) is 15.0. The SMILES string of the molecule is [2H]C([2H])[C@@]([2H])(C(=O)N(C(=O)CN(c1ccccc1)C1CCCCC1)c1ccccc1)N([2H])C(=O)Cc1cc(F)cc(F)c1. The Morgan fingerprint density at radius 1 is 0.949 bits per heavy atom. The Morgan fingerprint density at radius 3 is 2.13 bits per heavy atom. The van der Waals surface area contributed by atoms with Gasteiger partial charge in [-0.1, -0.05) is 55.7 Å². The number of anilines is 2. The molecule has 204 valence electrons. The van der Waals surface area contributed by atoms with Crippen LogP contribution >= 0.6 is 0 Å². The Hall–Kier alpha value is -4.07. The maximum atomic E-state index is 14.1. The Morgan fingerprint density at radius 2 is 1.54 bits per heavy atom. The molecule has 0 heterocycles. The molecule has 0 aliphatic heterocycles. The third-order valence-corrected chi connectivity index (χ3v) is 6.62. The Balaban J connectivity index is 1.68. The molecule has 1 fully saturated rings. The van der Waals surface area contributed by atoms with Gasteiger partial charge in [-0.05, 0) is 61.7 Å². The van der Waals surface area contributed by atoms with Crippen molar-refractivity contribution in [2.45, 2.75) is 57.5 Å².